The monoisotopic (exact) mass is 315 g/mol. The van der Waals surface area contributed by atoms with Crippen molar-refractivity contribution in [3.63, 3.8) is 0 Å². The Bertz CT molecular complexity index is 470. The van der Waals surface area contributed by atoms with Crippen molar-refractivity contribution in [2.75, 3.05) is 5.75 Å². The van der Waals surface area contributed by atoms with E-state index in [1.54, 1.807) is 0 Å². The van der Waals surface area contributed by atoms with Gasteiger partial charge in [-0.15, -0.1) is 5.75 Å². The minimum Gasteiger partial charge on any atom is -0.790 e. The molecule has 0 bridgehead atoms. The molecule has 7 nitrogen and oxygen atoms in total. The fourth-order valence-electron chi connectivity index (χ4n) is 1.04. The Morgan fingerprint density at radius 2 is 2.00 bits per heavy atom. The van der Waals surface area contributed by atoms with Gasteiger partial charge in [-0.2, -0.15) is 0 Å². The standard InChI is InChI=1S/C9H12NO6PS.Na/c1-7(6-18)15-17(13,14)16-9-4-2-8(3-5-9)10(11)12;/h2-5,7,18H,6H2,1H3,(H,13,14);/q;+1/p-1. The van der Waals surface area contributed by atoms with Crippen LogP contribution < -0.4 is 34.1 Å². The van der Waals surface area contributed by atoms with Crippen LogP contribution in [0.5, 0.6) is 5.75 Å². The van der Waals surface area contributed by atoms with Gasteiger partial charge in [0.25, 0.3) is 5.69 Å². The van der Waals surface area contributed by atoms with Gasteiger partial charge in [0.2, 0.25) is 0 Å². The van der Waals surface area contributed by atoms with E-state index in [1.165, 1.54) is 19.1 Å². The molecule has 19 heavy (non-hydrogen) atoms. The first-order valence-corrected chi connectivity index (χ1v) is 6.94. The molecular weight excluding hydrogens is 304 g/mol. The number of nitro groups is 1. The van der Waals surface area contributed by atoms with Crippen LogP contribution in [-0.2, 0) is 21.7 Å². The van der Waals surface area contributed by atoms with E-state index in [9.17, 15) is 19.6 Å². The van der Waals surface area contributed by atoms with Gasteiger partial charge in [0.05, 0.1) is 4.92 Å². The number of benzene rings is 1. The van der Waals surface area contributed by atoms with Gasteiger partial charge < -0.3 is 17.2 Å². The van der Waals surface area contributed by atoms with Crippen molar-refractivity contribution in [1.29, 1.82) is 0 Å². The molecule has 0 amide bonds. The molecule has 2 atom stereocenters. The molecule has 1 aromatic carbocycles. The maximum absolute atomic E-state index is 11.5. The van der Waals surface area contributed by atoms with Crippen LogP contribution in [0.1, 0.15) is 6.92 Å². The second-order valence-electron chi connectivity index (χ2n) is 3.39. The molecule has 0 radical (unpaired) electrons. The van der Waals surface area contributed by atoms with Gasteiger partial charge in [0.15, 0.2) is 0 Å². The van der Waals surface area contributed by atoms with Crippen LogP contribution >= 0.6 is 7.82 Å². The second-order valence-corrected chi connectivity index (χ2v) is 5.06. The molecule has 0 spiro atoms. The zero-order chi connectivity index (χ0) is 13.8. The van der Waals surface area contributed by atoms with Crippen LogP contribution in [-0.4, -0.2) is 21.7 Å². The SMILES string of the molecule is CC(C[S-])OP(=O)(O)Oc1ccc([N+](=O)[O-])cc1.[Na+]. The smallest absolute Gasteiger partial charge is 0.790 e. The first-order chi connectivity index (χ1) is 8.34. The Morgan fingerprint density at radius 1 is 1.47 bits per heavy atom. The van der Waals surface area contributed by atoms with Gasteiger partial charge >= 0.3 is 37.4 Å². The summed E-state index contributed by atoms with van der Waals surface area (Å²) in [6, 6.07) is 4.74. The Kier molecular flexibility index (Phi) is 8.23. The molecule has 1 aromatic rings. The predicted molar refractivity (Wildman–Crippen MR) is 66.3 cm³/mol. The van der Waals surface area contributed by atoms with Crippen LogP contribution in [0.15, 0.2) is 24.3 Å². The molecule has 0 aliphatic rings. The van der Waals surface area contributed by atoms with E-state index in [0.717, 1.165) is 12.1 Å². The Balaban J connectivity index is 0.00000324. The molecule has 1 N–H and O–H groups in total. The maximum atomic E-state index is 11.5. The van der Waals surface area contributed by atoms with E-state index in [0.29, 0.717) is 0 Å². The van der Waals surface area contributed by atoms with E-state index in [1.807, 2.05) is 0 Å². The summed E-state index contributed by atoms with van der Waals surface area (Å²) in [5.41, 5.74) is -0.144. The molecule has 2 unspecified atom stereocenters. The fraction of sp³-hybridized carbons (Fsp3) is 0.333. The molecule has 0 saturated heterocycles. The Labute approximate surface area is 137 Å². The van der Waals surface area contributed by atoms with Crippen molar-refractivity contribution in [1.82, 2.24) is 0 Å². The number of hydrogen-bond acceptors (Lipinski definition) is 6. The van der Waals surface area contributed by atoms with E-state index < -0.39 is 18.8 Å². The van der Waals surface area contributed by atoms with Gasteiger partial charge in [-0.25, -0.2) is 4.57 Å². The molecule has 100 valence electrons. The summed E-state index contributed by atoms with van der Waals surface area (Å²) < 4.78 is 21.0. The zero-order valence-corrected chi connectivity index (χ0v) is 14.1. The number of rotatable bonds is 6. The van der Waals surface area contributed by atoms with Gasteiger partial charge in [0, 0.05) is 18.2 Å². The fourth-order valence-corrected chi connectivity index (χ4v) is 2.17. The third kappa shape index (κ3) is 6.76. The summed E-state index contributed by atoms with van der Waals surface area (Å²) in [6.45, 7) is 1.54. The van der Waals surface area contributed by atoms with E-state index in [4.69, 9.17) is 9.05 Å². The summed E-state index contributed by atoms with van der Waals surface area (Å²) >= 11 is 4.67. The molecule has 0 fully saturated rings. The Morgan fingerprint density at radius 3 is 2.42 bits per heavy atom. The summed E-state index contributed by atoms with van der Waals surface area (Å²) in [4.78, 5) is 19.2. The number of hydrogen-bond donors (Lipinski definition) is 1. The van der Waals surface area contributed by atoms with E-state index in [2.05, 4.69) is 12.6 Å². The van der Waals surface area contributed by atoms with Gasteiger partial charge in [-0.05, 0) is 19.1 Å². The summed E-state index contributed by atoms with van der Waals surface area (Å²) in [5.74, 6) is 0.150. The third-order valence-electron chi connectivity index (χ3n) is 1.82. The number of nitrogens with zero attached hydrogens (tertiary/aromatic N) is 1. The normalized spacial score (nSPS) is 14.9. The van der Waals surface area contributed by atoms with Crippen molar-refractivity contribution in [2.24, 2.45) is 0 Å². The number of non-ortho nitro benzene ring substituents is 1. The van der Waals surface area contributed by atoms with Crippen LogP contribution in [0.2, 0.25) is 0 Å². The average Bonchev–Trinajstić information content (AvgIpc) is 2.28. The van der Waals surface area contributed by atoms with Crippen LogP contribution in [0, 0.1) is 10.1 Å². The first-order valence-electron chi connectivity index (χ1n) is 4.87. The molecular formula is C9H11NNaO6PS. The van der Waals surface area contributed by atoms with Gasteiger partial charge in [-0.3, -0.25) is 19.5 Å². The third-order valence-corrected chi connectivity index (χ3v) is 3.35. The number of nitro benzene ring substituents is 1. The van der Waals surface area contributed by atoms with Gasteiger partial charge in [-0.1, -0.05) is 0 Å². The Hall–Kier alpha value is -0.0800. The predicted octanol–water partition coefficient (Wildman–Crippen LogP) is -0.970. The molecule has 0 aliphatic carbocycles. The number of phosphoric acid groups is 1. The first kappa shape index (κ1) is 18.9. The molecule has 0 saturated carbocycles. The summed E-state index contributed by atoms with van der Waals surface area (Å²) in [6.07, 6.45) is -0.603. The molecule has 1 rings (SSSR count). The maximum Gasteiger partial charge on any atom is 1.00 e. The van der Waals surface area contributed by atoms with Crippen molar-refractivity contribution in [3.05, 3.63) is 34.4 Å². The van der Waals surface area contributed by atoms with Crippen LogP contribution in [0.3, 0.4) is 0 Å². The van der Waals surface area contributed by atoms with Crippen LogP contribution in [0.25, 0.3) is 0 Å². The van der Waals surface area contributed by atoms with Crippen molar-refractivity contribution in [3.8, 4) is 5.75 Å². The minimum atomic E-state index is -4.26. The second kappa shape index (κ2) is 8.26. The zero-order valence-electron chi connectivity index (χ0n) is 10.4. The van der Waals surface area contributed by atoms with Gasteiger partial charge in [0.1, 0.15) is 5.75 Å². The number of phosphoric ester groups is 1. The molecule has 0 heterocycles. The van der Waals surface area contributed by atoms with Crippen molar-refractivity contribution >= 4 is 26.1 Å². The van der Waals surface area contributed by atoms with Crippen LogP contribution in [0.4, 0.5) is 5.69 Å². The summed E-state index contributed by atoms with van der Waals surface area (Å²) in [7, 11) is -4.26. The van der Waals surface area contributed by atoms with Crippen molar-refractivity contribution in [2.45, 2.75) is 13.0 Å². The van der Waals surface area contributed by atoms with E-state index in [-0.39, 0.29) is 46.7 Å². The van der Waals surface area contributed by atoms with E-state index >= 15 is 0 Å². The minimum absolute atomic E-state index is 0. The average molecular weight is 315 g/mol. The molecule has 0 aromatic heterocycles. The summed E-state index contributed by atoms with van der Waals surface area (Å²) in [5, 5.41) is 10.4. The topological polar surface area (TPSA) is 98.9 Å². The van der Waals surface area contributed by atoms with Crippen molar-refractivity contribution < 1.29 is 53.0 Å². The molecule has 0 aliphatic heterocycles. The largest absolute Gasteiger partial charge is 1.00 e. The molecule has 10 heteroatoms. The quantitative estimate of drug-likeness (QED) is 0.237.